The maximum atomic E-state index is 12.5. The van der Waals surface area contributed by atoms with Crippen LogP contribution in [0.5, 0.6) is 0 Å². The van der Waals surface area contributed by atoms with Gasteiger partial charge >= 0.3 is 0 Å². The third kappa shape index (κ3) is 3.03. The van der Waals surface area contributed by atoms with Crippen molar-refractivity contribution in [1.82, 2.24) is 15.0 Å². The van der Waals surface area contributed by atoms with Gasteiger partial charge in [0.25, 0.3) is 0 Å². The molecule has 0 radical (unpaired) electrons. The smallest absolute Gasteiger partial charge is 0.247 e. The second kappa shape index (κ2) is 6.32. The highest BCUT2D eigenvalue weighted by Crippen LogP contribution is 2.34. The summed E-state index contributed by atoms with van der Waals surface area (Å²) < 4.78 is 0. The molecule has 2 N–H and O–H groups in total. The first-order chi connectivity index (χ1) is 12.4. The molecule has 4 rings (SSSR count). The minimum atomic E-state index is -0.990. The number of nitrogens with zero attached hydrogens (tertiary/aromatic N) is 4. The number of hydrogen-bond acceptors (Lipinski definition) is 6. The highest BCUT2D eigenvalue weighted by Gasteiger charge is 2.34. The third-order valence-electron chi connectivity index (χ3n) is 5.03. The van der Waals surface area contributed by atoms with Gasteiger partial charge in [-0.15, -0.1) is 0 Å². The fraction of sp³-hybridized carbons (Fsp3) is 0.474. The lowest BCUT2D eigenvalue weighted by Gasteiger charge is -2.33. The number of aliphatic hydroxyl groups is 1. The average Bonchev–Trinajstić information content (AvgIpc) is 3.14. The number of amides is 1. The van der Waals surface area contributed by atoms with Gasteiger partial charge in [-0.3, -0.25) is 14.7 Å². The van der Waals surface area contributed by atoms with E-state index in [1.807, 2.05) is 11.0 Å². The Morgan fingerprint density at radius 2 is 1.96 bits per heavy atom. The maximum Gasteiger partial charge on any atom is 0.247 e. The van der Waals surface area contributed by atoms with Crippen LogP contribution in [0.4, 0.5) is 11.6 Å². The van der Waals surface area contributed by atoms with E-state index < -0.39 is 5.60 Å². The summed E-state index contributed by atoms with van der Waals surface area (Å²) in [7, 11) is 0. The first-order valence-corrected chi connectivity index (χ1v) is 9.06. The minimum Gasteiger partial charge on any atom is -0.384 e. The second-order valence-electron chi connectivity index (χ2n) is 7.47. The normalized spacial score (nSPS) is 18.0. The zero-order valence-corrected chi connectivity index (χ0v) is 15.1. The number of carbonyl (C=O) groups excluding carboxylic acids is 1. The maximum absolute atomic E-state index is 12.5. The van der Waals surface area contributed by atoms with Gasteiger partial charge in [0.1, 0.15) is 5.60 Å². The molecule has 1 fully saturated rings. The van der Waals surface area contributed by atoms with E-state index in [1.165, 1.54) is 0 Å². The Morgan fingerprint density at radius 3 is 2.62 bits per heavy atom. The molecule has 1 amide bonds. The van der Waals surface area contributed by atoms with Gasteiger partial charge in [-0.25, -0.2) is 9.97 Å². The van der Waals surface area contributed by atoms with Crippen LogP contribution in [0.15, 0.2) is 24.5 Å². The van der Waals surface area contributed by atoms with Crippen molar-refractivity contribution in [1.29, 1.82) is 0 Å². The minimum absolute atomic E-state index is 0.0475. The van der Waals surface area contributed by atoms with E-state index in [0.717, 1.165) is 31.2 Å². The lowest BCUT2D eigenvalue weighted by molar-refractivity contribution is -0.117. The number of nitrogens with one attached hydrogen (secondary N) is 1. The van der Waals surface area contributed by atoms with Crippen LogP contribution in [-0.2, 0) is 10.4 Å². The Kier molecular flexibility index (Phi) is 4.11. The zero-order chi connectivity index (χ0) is 18.3. The standard InChI is InChI=1S/C19H23N5O2/c1-19(2,26)15-8-7-12(9-20-15)14-10-21-17-18(23-14)24(16(25)11-22-17)13-5-3-4-6-13/h7-10,13,26H,3-6,11H2,1-2H3,(H,21,22). The topological polar surface area (TPSA) is 91.2 Å². The Balaban J connectivity index is 1.70. The molecular formula is C19H23N5O2. The Labute approximate surface area is 152 Å². The molecule has 2 aliphatic rings. The molecule has 26 heavy (non-hydrogen) atoms. The highest BCUT2D eigenvalue weighted by atomic mass is 16.3. The highest BCUT2D eigenvalue weighted by molar-refractivity contribution is 6.01. The molecule has 0 aromatic carbocycles. The van der Waals surface area contributed by atoms with Crippen LogP contribution in [0.3, 0.4) is 0 Å². The van der Waals surface area contributed by atoms with Crippen LogP contribution in [0.2, 0.25) is 0 Å². The molecule has 1 aliphatic carbocycles. The summed E-state index contributed by atoms with van der Waals surface area (Å²) in [5, 5.41) is 13.1. The van der Waals surface area contributed by atoms with E-state index >= 15 is 0 Å². The van der Waals surface area contributed by atoms with Crippen LogP contribution in [0.1, 0.15) is 45.2 Å². The largest absolute Gasteiger partial charge is 0.384 e. The van der Waals surface area contributed by atoms with E-state index in [2.05, 4.69) is 15.3 Å². The number of anilines is 2. The molecule has 136 valence electrons. The SMILES string of the molecule is CC(C)(O)c1ccc(-c2cnc3c(n2)N(C2CCCC2)C(=O)CN3)cn1. The average molecular weight is 353 g/mol. The van der Waals surface area contributed by atoms with Gasteiger partial charge < -0.3 is 10.4 Å². The summed E-state index contributed by atoms with van der Waals surface area (Å²) in [5.41, 5.74) is 1.07. The van der Waals surface area contributed by atoms with Gasteiger partial charge in [-0.1, -0.05) is 12.8 Å². The fourth-order valence-electron chi connectivity index (χ4n) is 3.62. The van der Waals surface area contributed by atoms with Crippen molar-refractivity contribution in [2.45, 2.75) is 51.2 Å². The van der Waals surface area contributed by atoms with Crippen molar-refractivity contribution in [3.05, 3.63) is 30.2 Å². The van der Waals surface area contributed by atoms with Crippen LogP contribution in [0.25, 0.3) is 11.3 Å². The van der Waals surface area contributed by atoms with Crippen molar-refractivity contribution in [2.75, 3.05) is 16.8 Å². The van der Waals surface area contributed by atoms with Gasteiger partial charge in [0.15, 0.2) is 11.6 Å². The predicted octanol–water partition coefficient (Wildman–Crippen LogP) is 2.47. The summed E-state index contributed by atoms with van der Waals surface area (Å²) >= 11 is 0. The van der Waals surface area contributed by atoms with E-state index in [1.54, 1.807) is 32.3 Å². The molecule has 0 saturated heterocycles. The Hall–Kier alpha value is -2.54. The van der Waals surface area contributed by atoms with Crippen molar-refractivity contribution in [3.8, 4) is 11.3 Å². The number of aromatic nitrogens is 3. The molecule has 7 heteroatoms. The molecule has 0 atom stereocenters. The monoisotopic (exact) mass is 353 g/mol. The number of fused-ring (bicyclic) bond motifs is 1. The molecule has 2 aromatic heterocycles. The van der Waals surface area contributed by atoms with Gasteiger partial charge in [0.2, 0.25) is 5.91 Å². The molecular weight excluding hydrogens is 330 g/mol. The van der Waals surface area contributed by atoms with Gasteiger partial charge in [0.05, 0.1) is 24.1 Å². The summed E-state index contributed by atoms with van der Waals surface area (Å²) in [6, 6.07) is 3.87. The van der Waals surface area contributed by atoms with Crippen LogP contribution in [-0.4, -0.2) is 38.6 Å². The van der Waals surface area contributed by atoms with Crippen molar-refractivity contribution in [3.63, 3.8) is 0 Å². The zero-order valence-electron chi connectivity index (χ0n) is 15.1. The number of hydrogen-bond donors (Lipinski definition) is 2. The van der Waals surface area contributed by atoms with E-state index in [-0.39, 0.29) is 18.5 Å². The summed E-state index contributed by atoms with van der Waals surface area (Å²) in [5.74, 6) is 1.31. The van der Waals surface area contributed by atoms with Crippen molar-refractivity contribution < 1.29 is 9.90 Å². The van der Waals surface area contributed by atoms with E-state index in [9.17, 15) is 9.90 Å². The molecule has 3 heterocycles. The summed E-state index contributed by atoms with van der Waals surface area (Å²) in [6.45, 7) is 3.66. The molecule has 1 saturated carbocycles. The van der Waals surface area contributed by atoms with Crippen LogP contribution < -0.4 is 10.2 Å². The molecule has 0 unspecified atom stereocenters. The predicted molar refractivity (Wildman–Crippen MR) is 98.7 cm³/mol. The first kappa shape index (κ1) is 16.9. The van der Waals surface area contributed by atoms with Crippen LogP contribution in [0, 0.1) is 0 Å². The molecule has 1 aliphatic heterocycles. The van der Waals surface area contributed by atoms with E-state index in [0.29, 0.717) is 23.0 Å². The van der Waals surface area contributed by atoms with Crippen molar-refractivity contribution >= 4 is 17.5 Å². The van der Waals surface area contributed by atoms with Crippen molar-refractivity contribution in [2.24, 2.45) is 0 Å². The molecule has 0 bridgehead atoms. The van der Waals surface area contributed by atoms with Gasteiger partial charge in [0, 0.05) is 17.8 Å². The second-order valence-corrected chi connectivity index (χ2v) is 7.47. The number of rotatable bonds is 3. The first-order valence-electron chi connectivity index (χ1n) is 9.06. The molecule has 7 nitrogen and oxygen atoms in total. The third-order valence-corrected chi connectivity index (χ3v) is 5.03. The summed E-state index contributed by atoms with van der Waals surface area (Å²) in [6.07, 6.45) is 7.69. The Morgan fingerprint density at radius 1 is 1.19 bits per heavy atom. The van der Waals surface area contributed by atoms with Crippen LogP contribution >= 0.6 is 0 Å². The van der Waals surface area contributed by atoms with E-state index in [4.69, 9.17) is 4.98 Å². The fourth-order valence-corrected chi connectivity index (χ4v) is 3.62. The quantitative estimate of drug-likeness (QED) is 0.881. The molecule has 2 aromatic rings. The Bertz CT molecular complexity index is 823. The lowest BCUT2D eigenvalue weighted by Crippen LogP contribution is -2.46. The molecule has 0 spiro atoms. The number of carbonyl (C=O) groups is 1. The lowest BCUT2D eigenvalue weighted by atomic mass is 10.0. The van der Waals surface area contributed by atoms with Gasteiger partial charge in [-0.05, 0) is 38.8 Å². The van der Waals surface area contributed by atoms with Gasteiger partial charge in [-0.2, -0.15) is 0 Å². The summed E-state index contributed by atoms with van der Waals surface area (Å²) in [4.78, 5) is 27.9. The number of pyridine rings is 1.